The molecule has 1 saturated carbocycles. The SMILES string of the molecule is NC(=O)C1(Sc2cccc(OCc3ccc(OC(F)(F)F)cc3)c2)CCC2(CCNCC2)C1. The van der Waals surface area contributed by atoms with Gasteiger partial charge in [0.25, 0.3) is 0 Å². The predicted molar refractivity (Wildman–Crippen MR) is 120 cm³/mol. The molecule has 1 spiro atoms. The highest BCUT2D eigenvalue weighted by molar-refractivity contribution is 8.01. The van der Waals surface area contributed by atoms with Gasteiger partial charge < -0.3 is 20.5 Å². The molecule has 0 bridgehead atoms. The van der Waals surface area contributed by atoms with Crippen molar-refractivity contribution in [2.24, 2.45) is 11.1 Å². The van der Waals surface area contributed by atoms with Crippen LogP contribution in [0, 0.1) is 5.41 Å². The van der Waals surface area contributed by atoms with Crippen molar-refractivity contribution >= 4 is 17.7 Å². The number of benzene rings is 2. The summed E-state index contributed by atoms with van der Waals surface area (Å²) in [5.74, 6) is 0.0738. The molecular weight excluding hydrogens is 453 g/mol. The normalized spacial score (nSPS) is 22.3. The lowest BCUT2D eigenvalue weighted by atomic mass is 9.77. The highest BCUT2D eigenvalue weighted by Gasteiger charge is 2.52. The van der Waals surface area contributed by atoms with Gasteiger partial charge in [-0.1, -0.05) is 18.2 Å². The zero-order chi connectivity index (χ0) is 23.5. The standard InChI is InChI=1S/C24H27F3N2O3S/c25-24(26,27)32-18-6-4-17(5-7-18)15-31-19-2-1-3-20(14-19)33-23(21(28)30)9-8-22(16-23)10-12-29-13-11-22/h1-7,14,29H,8-13,15-16H2,(H2,28,30). The molecule has 3 N–H and O–H groups in total. The lowest BCUT2D eigenvalue weighted by Crippen LogP contribution is -2.42. The van der Waals surface area contributed by atoms with Crippen LogP contribution >= 0.6 is 11.8 Å². The Morgan fingerprint density at radius 1 is 1.03 bits per heavy atom. The van der Waals surface area contributed by atoms with Gasteiger partial charge in [-0.15, -0.1) is 24.9 Å². The van der Waals surface area contributed by atoms with Crippen LogP contribution in [-0.4, -0.2) is 30.1 Å². The van der Waals surface area contributed by atoms with E-state index in [2.05, 4.69) is 10.1 Å². The number of hydrogen-bond donors (Lipinski definition) is 2. The summed E-state index contributed by atoms with van der Waals surface area (Å²) in [7, 11) is 0. The van der Waals surface area contributed by atoms with E-state index < -0.39 is 11.1 Å². The number of ether oxygens (including phenoxy) is 2. The summed E-state index contributed by atoms with van der Waals surface area (Å²) in [6.07, 6.45) is -0.0132. The van der Waals surface area contributed by atoms with Crippen molar-refractivity contribution < 1.29 is 27.4 Å². The number of piperidine rings is 1. The quantitative estimate of drug-likeness (QED) is 0.581. The van der Waals surface area contributed by atoms with Crippen LogP contribution in [-0.2, 0) is 11.4 Å². The largest absolute Gasteiger partial charge is 0.573 e. The molecule has 2 aromatic rings. The average molecular weight is 481 g/mol. The van der Waals surface area contributed by atoms with Gasteiger partial charge in [-0.3, -0.25) is 4.79 Å². The molecule has 1 atom stereocenters. The van der Waals surface area contributed by atoms with Gasteiger partial charge in [-0.2, -0.15) is 0 Å². The van der Waals surface area contributed by atoms with Crippen LogP contribution in [0.5, 0.6) is 11.5 Å². The van der Waals surface area contributed by atoms with Crippen LogP contribution in [0.25, 0.3) is 0 Å². The van der Waals surface area contributed by atoms with Gasteiger partial charge in [0.15, 0.2) is 0 Å². The number of thioether (sulfide) groups is 1. The zero-order valence-corrected chi connectivity index (χ0v) is 18.9. The second-order valence-corrected chi connectivity index (χ2v) is 10.3. The van der Waals surface area contributed by atoms with Gasteiger partial charge in [0.1, 0.15) is 18.1 Å². The number of rotatable bonds is 7. The molecule has 0 aromatic heterocycles. The van der Waals surface area contributed by atoms with E-state index in [-0.39, 0.29) is 23.7 Å². The molecular formula is C24H27F3N2O3S. The molecule has 1 saturated heterocycles. The fraction of sp³-hybridized carbons (Fsp3) is 0.458. The van der Waals surface area contributed by atoms with Crippen molar-refractivity contribution in [3.8, 4) is 11.5 Å². The molecule has 1 amide bonds. The summed E-state index contributed by atoms with van der Waals surface area (Å²) in [5, 5.41) is 3.39. The number of hydrogen-bond acceptors (Lipinski definition) is 5. The molecule has 2 aromatic carbocycles. The number of carbonyl (C=O) groups excluding carboxylic acids is 1. The molecule has 1 heterocycles. The van der Waals surface area contributed by atoms with Crippen LogP contribution in [0.3, 0.4) is 0 Å². The Kier molecular flexibility index (Phi) is 6.81. The summed E-state index contributed by atoms with van der Waals surface area (Å²) in [4.78, 5) is 13.4. The first-order chi connectivity index (χ1) is 15.7. The van der Waals surface area contributed by atoms with Crippen LogP contribution in [0.1, 0.15) is 37.7 Å². The third-order valence-corrected chi connectivity index (χ3v) is 7.94. The van der Waals surface area contributed by atoms with Crippen molar-refractivity contribution in [2.75, 3.05) is 13.1 Å². The van der Waals surface area contributed by atoms with E-state index in [1.54, 1.807) is 0 Å². The number of primary amides is 1. The van der Waals surface area contributed by atoms with Crippen molar-refractivity contribution in [3.05, 3.63) is 54.1 Å². The maximum absolute atomic E-state index is 12.5. The maximum atomic E-state index is 12.5. The fourth-order valence-electron chi connectivity index (χ4n) is 4.79. The third-order valence-electron chi connectivity index (χ3n) is 6.51. The van der Waals surface area contributed by atoms with Crippen LogP contribution < -0.4 is 20.5 Å². The number of nitrogens with one attached hydrogen (secondary N) is 1. The topological polar surface area (TPSA) is 73.6 Å². The first-order valence-corrected chi connectivity index (χ1v) is 11.8. The van der Waals surface area contributed by atoms with Crippen molar-refractivity contribution in [1.29, 1.82) is 0 Å². The van der Waals surface area contributed by atoms with E-state index in [1.165, 1.54) is 36.0 Å². The smallest absolute Gasteiger partial charge is 0.489 e. The maximum Gasteiger partial charge on any atom is 0.573 e. The van der Waals surface area contributed by atoms with Crippen LogP contribution in [0.4, 0.5) is 13.2 Å². The summed E-state index contributed by atoms with van der Waals surface area (Å²) in [5.41, 5.74) is 6.80. The molecule has 5 nitrogen and oxygen atoms in total. The monoisotopic (exact) mass is 480 g/mol. The van der Waals surface area contributed by atoms with Crippen LogP contribution in [0.2, 0.25) is 0 Å². The molecule has 1 unspecified atom stereocenters. The van der Waals surface area contributed by atoms with E-state index in [0.717, 1.165) is 50.1 Å². The average Bonchev–Trinajstić information content (AvgIpc) is 3.12. The molecule has 1 aliphatic heterocycles. The number of halogens is 3. The minimum Gasteiger partial charge on any atom is -0.489 e. The lowest BCUT2D eigenvalue weighted by Gasteiger charge is -2.35. The summed E-state index contributed by atoms with van der Waals surface area (Å²) >= 11 is 1.52. The Balaban J connectivity index is 1.40. The molecule has 9 heteroatoms. The second kappa shape index (κ2) is 9.46. The van der Waals surface area contributed by atoms with E-state index in [9.17, 15) is 18.0 Å². The van der Waals surface area contributed by atoms with Gasteiger partial charge in [0.05, 0.1) is 4.75 Å². The summed E-state index contributed by atoms with van der Waals surface area (Å²) < 4.78 is 46.0. The Bertz CT molecular complexity index is 978. The predicted octanol–water partition coefficient (Wildman–Crippen LogP) is 5.03. The van der Waals surface area contributed by atoms with E-state index in [1.807, 2.05) is 24.3 Å². The van der Waals surface area contributed by atoms with E-state index in [0.29, 0.717) is 11.3 Å². The third kappa shape index (κ3) is 5.95. The number of carbonyl (C=O) groups is 1. The van der Waals surface area contributed by atoms with Gasteiger partial charge >= 0.3 is 6.36 Å². The Labute approximate surface area is 195 Å². The van der Waals surface area contributed by atoms with Gasteiger partial charge in [-0.25, -0.2) is 0 Å². The number of amides is 1. The number of nitrogens with two attached hydrogens (primary N) is 1. The highest BCUT2D eigenvalue weighted by Crippen LogP contribution is 2.56. The van der Waals surface area contributed by atoms with Crippen molar-refractivity contribution in [3.63, 3.8) is 0 Å². The van der Waals surface area contributed by atoms with Gasteiger partial charge in [-0.05, 0) is 86.5 Å². The minimum absolute atomic E-state index is 0.184. The van der Waals surface area contributed by atoms with E-state index in [4.69, 9.17) is 10.5 Å². The molecule has 33 heavy (non-hydrogen) atoms. The van der Waals surface area contributed by atoms with E-state index >= 15 is 0 Å². The highest BCUT2D eigenvalue weighted by atomic mass is 32.2. The second-order valence-electron chi connectivity index (χ2n) is 8.84. The first kappa shape index (κ1) is 23.8. The minimum atomic E-state index is -4.72. The molecule has 4 rings (SSSR count). The van der Waals surface area contributed by atoms with Gasteiger partial charge in [0.2, 0.25) is 5.91 Å². The Hall–Kier alpha value is -2.39. The molecule has 1 aliphatic carbocycles. The molecule has 2 fully saturated rings. The molecule has 0 radical (unpaired) electrons. The Morgan fingerprint density at radius 3 is 2.42 bits per heavy atom. The summed E-state index contributed by atoms with van der Waals surface area (Å²) in [6, 6.07) is 13.1. The van der Waals surface area contributed by atoms with Crippen molar-refractivity contribution in [2.45, 2.75) is 54.7 Å². The Morgan fingerprint density at radius 2 is 1.76 bits per heavy atom. The van der Waals surface area contributed by atoms with Crippen molar-refractivity contribution in [1.82, 2.24) is 5.32 Å². The lowest BCUT2D eigenvalue weighted by molar-refractivity contribution is -0.274. The summed E-state index contributed by atoms with van der Waals surface area (Å²) in [6.45, 7) is 2.15. The molecule has 178 valence electrons. The molecule has 2 aliphatic rings. The first-order valence-electron chi connectivity index (χ1n) is 10.9. The zero-order valence-electron chi connectivity index (χ0n) is 18.1. The van der Waals surface area contributed by atoms with Gasteiger partial charge in [0, 0.05) is 4.90 Å². The van der Waals surface area contributed by atoms with Crippen LogP contribution in [0.15, 0.2) is 53.4 Å². The fourth-order valence-corrected chi connectivity index (χ4v) is 6.24. The number of alkyl halides is 3.